The molecule has 1 heterocycles. The summed E-state index contributed by atoms with van der Waals surface area (Å²) in [5.74, 6) is 0.845. The van der Waals surface area contributed by atoms with Gasteiger partial charge in [0.25, 0.3) is 0 Å². The first-order valence-corrected chi connectivity index (χ1v) is 8.35. The molecule has 0 bridgehead atoms. The minimum Gasteiger partial charge on any atom is -0.489 e. The zero-order chi connectivity index (χ0) is 17.3. The summed E-state index contributed by atoms with van der Waals surface area (Å²) in [6, 6.07) is 21.8. The second-order valence-electron chi connectivity index (χ2n) is 5.85. The lowest BCUT2D eigenvalue weighted by atomic mass is 10.1. The third-order valence-electron chi connectivity index (χ3n) is 3.90. The van der Waals surface area contributed by atoms with E-state index in [0.717, 1.165) is 22.4 Å². The lowest BCUT2D eigenvalue weighted by Gasteiger charge is -2.13. The average Bonchev–Trinajstić information content (AvgIpc) is 2.68. The van der Waals surface area contributed by atoms with Crippen LogP contribution in [0.5, 0.6) is 5.75 Å². The summed E-state index contributed by atoms with van der Waals surface area (Å²) in [6.07, 6.45) is 2.83. The van der Waals surface area contributed by atoms with Crippen LogP contribution in [0.1, 0.15) is 22.8 Å². The number of nitrogens with zero attached hydrogens (tertiary/aromatic N) is 1. The fraction of sp³-hybridized carbons (Fsp3) is 0.190. The molecule has 128 valence electrons. The molecule has 0 aliphatic rings. The minimum absolute atomic E-state index is 0.485. The van der Waals surface area contributed by atoms with Crippen molar-refractivity contribution in [2.24, 2.45) is 0 Å². The number of aliphatic hydroxyl groups excluding tert-OH is 1. The number of hydrogen-bond acceptors (Lipinski definition) is 4. The smallest absolute Gasteiger partial charge is 0.120 e. The molecular formula is C21H22N2O2. The van der Waals surface area contributed by atoms with Crippen LogP contribution in [0.25, 0.3) is 0 Å². The molecule has 0 amide bonds. The molecule has 1 aromatic heterocycles. The van der Waals surface area contributed by atoms with E-state index >= 15 is 0 Å². The number of pyridine rings is 1. The second kappa shape index (κ2) is 8.97. The quantitative estimate of drug-likeness (QED) is 0.662. The highest BCUT2D eigenvalue weighted by Crippen LogP contribution is 2.16. The van der Waals surface area contributed by atoms with E-state index in [1.165, 1.54) is 0 Å². The molecule has 0 saturated heterocycles. The third kappa shape index (κ3) is 5.41. The van der Waals surface area contributed by atoms with Gasteiger partial charge in [-0.05, 0) is 41.0 Å². The second-order valence-corrected chi connectivity index (χ2v) is 5.85. The van der Waals surface area contributed by atoms with Crippen molar-refractivity contribution in [2.45, 2.75) is 19.3 Å². The first kappa shape index (κ1) is 17.1. The molecule has 0 fully saturated rings. The lowest BCUT2D eigenvalue weighted by Crippen LogP contribution is -2.21. The number of aliphatic hydroxyl groups is 1. The van der Waals surface area contributed by atoms with Crippen molar-refractivity contribution in [3.8, 4) is 5.75 Å². The van der Waals surface area contributed by atoms with E-state index in [1.807, 2.05) is 66.7 Å². The van der Waals surface area contributed by atoms with E-state index in [4.69, 9.17) is 4.74 Å². The highest BCUT2D eigenvalue weighted by Gasteiger charge is 2.06. The van der Waals surface area contributed by atoms with Gasteiger partial charge in [0.05, 0.1) is 6.10 Å². The van der Waals surface area contributed by atoms with E-state index in [1.54, 1.807) is 12.4 Å². The molecule has 1 unspecified atom stereocenters. The van der Waals surface area contributed by atoms with Crippen LogP contribution < -0.4 is 10.1 Å². The summed E-state index contributed by atoms with van der Waals surface area (Å²) in [6.45, 7) is 1.71. The van der Waals surface area contributed by atoms with E-state index in [0.29, 0.717) is 19.7 Å². The molecule has 0 aliphatic carbocycles. The third-order valence-corrected chi connectivity index (χ3v) is 3.90. The van der Waals surface area contributed by atoms with Crippen LogP contribution in [-0.4, -0.2) is 16.6 Å². The van der Waals surface area contributed by atoms with Crippen molar-refractivity contribution in [1.29, 1.82) is 0 Å². The summed E-state index contributed by atoms with van der Waals surface area (Å²) in [4.78, 5) is 3.96. The van der Waals surface area contributed by atoms with E-state index in [-0.39, 0.29) is 0 Å². The molecule has 0 radical (unpaired) electrons. The van der Waals surface area contributed by atoms with Crippen LogP contribution >= 0.6 is 0 Å². The lowest BCUT2D eigenvalue weighted by molar-refractivity contribution is 0.174. The van der Waals surface area contributed by atoms with E-state index in [9.17, 15) is 5.11 Å². The van der Waals surface area contributed by atoms with Crippen LogP contribution in [0.2, 0.25) is 0 Å². The Balaban J connectivity index is 1.48. The van der Waals surface area contributed by atoms with Gasteiger partial charge >= 0.3 is 0 Å². The molecule has 3 rings (SSSR count). The summed E-state index contributed by atoms with van der Waals surface area (Å²) < 4.78 is 5.85. The van der Waals surface area contributed by atoms with Gasteiger partial charge in [0.15, 0.2) is 0 Å². The van der Waals surface area contributed by atoms with Crippen LogP contribution in [0.4, 0.5) is 0 Å². The number of aromatic nitrogens is 1. The number of nitrogens with one attached hydrogen (secondary N) is 1. The van der Waals surface area contributed by atoms with Gasteiger partial charge in [-0.3, -0.25) is 4.98 Å². The number of benzene rings is 2. The molecule has 2 aromatic carbocycles. The monoisotopic (exact) mass is 334 g/mol. The Bertz CT molecular complexity index is 763. The van der Waals surface area contributed by atoms with Gasteiger partial charge in [0.1, 0.15) is 12.4 Å². The molecule has 0 spiro atoms. The maximum atomic E-state index is 10.1. The molecule has 3 aromatic rings. The van der Waals surface area contributed by atoms with Gasteiger partial charge in [-0.1, -0.05) is 42.5 Å². The highest BCUT2D eigenvalue weighted by molar-refractivity contribution is 5.29. The molecule has 0 saturated carbocycles. The average molecular weight is 334 g/mol. The van der Waals surface area contributed by atoms with Crippen molar-refractivity contribution in [2.75, 3.05) is 6.54 Å². The van der Waals surface area contributed by atoms with Crippen molar-refractivity contribution in [3.63, 3.8) is 0 Å². The fourth-order valence-corrected chi connectivity index (χ4v) is 2.54. The first-order chi connectivity index (χ1) is 12.3. The van der Waals surface area contributed by atoms with Gasteiger partial charge in [-0.2, -0.15) is 0 Å². The summed E-state index contributed by atoms with van der Waals surface area (Å²) >= 11 is 0. The summed E-state index contributed by atoms with van der Waals surface area (Å²) in [5, 5.41) is 13.4. The van der Waals surface area contributed by atoms with Crippen molar-refractivity contribution in [1.82, 2.24) is 10.3 Å². The zero-order valence-corrected chi connectivity index (χ0v) is 14.0. The van der Waals surface area contributed by atoms with Crippen LogP contribution in [0.3, 0.4) is 0 Å². The van der Waals surface area contributed by atoms with Gasteiger partial charge in [-0.15, -0.1) is 0 Å². The van der Waals surface area contributed by atoms with E-state index in [2.05, 4.69) is 10.3 Å². The number of hydrogen-bond donors (Lipinski definition) is 2. The van der Waals surface area contributed by atoms with Crippen LogP contribution in [-0.2, 0) is 13.2 Å². The number of ether oxygens (including phenoxy) is 1. The Hall–Kier alpha value is -2.69. The highest BCUT2D eigenvalue weighted by atomic mass is 16.5. The zero-order valence-electron chi connectivity index (χ0n) is 14.0. The Morgan fingerprint density at radius 1 is 0.920 bits per heavy atom. The fourth-order valence-electron chi connectivity index (χ4n) is 2.54. The molecular weight excluding hydrogens is 312 g/mol. The van der Waals surface area contributed by atoms with Gasteiger partial charge in [0.2, 0.25) is 0 Å². The predicted octanol–water partition coefficient (Wildman–Crippen LogP) is 3.48. The maximum absolute atomic E-state index is 10.1. The topological polar surface area (TPSA) is 54.4 Å². The maximum Gasteiger partial charge on any atom is 0.120 e. The Labute approximate surface area is 148 Å². The Morgan fingerprint density at radius 3 is 2.48 bits per heavy atom. The van der Waals surface area contributed by atoms with Crippen molar-refractivity contribution >= 4 is 0 Å². The molecule has 4 nitrogen and oxygen atoms in total. The normalized spacial score (nSPS) is 11.9. The SMILES string of the molecule is OC(CNCc1cccc(OCc2ccccc2)c1)c1ccncc1. The van der Waals surface area contributed by atoms with Crippen LogP contribution in [0.15, 0.2) is 79.1 Å². The minimum atomic E-state index is -0.541. The van der Waals surface area contributed by atoms with Gasteiger partial charge in [-0.25, -0.2) is 0 Å². The standard InChI is InChI=1S/C21H22N2O2/c24-21(19-9-11-22-12-10-19)15-23-14-18-7-4-8-20(13-18)25-16-17-5-2-1-3-6-17/h1-13,21,23-24H,14-16H2. The van der Waals surface area contributed by atoms with Crippen LogP contribution in [0, 0.1) is 0 Å². The molecule has 1 atom stereocenters. The van der Waals surface area contributed by atoms with Crippen molar-refractivity contribution in [3.05, 3.63) is 95.8 Å². The molecule has 2 N–H and O–H groups in total. The van der Waals surface area contributed by atoms with Gasteiger partial charge < -0.3 is 15.2 Å². The Morgan fingerprint density at radius 2 is 1.68 bits per heavy atom. The molecule has 4 heteroatoms. The summed E-state index contributed by atoms with van der Waals surface area (Å²) in [7, 11) is 0. The Kier molecular flexibility index (Phi) is 6.15. The molecule has 25 heavy (non-hydrogen) atoms. The predicted molar refractivity (Wildman–Crippen MR) is 98.1 cm³/mol. The van der Waals surface area contributed by atoms with E-state index < -0.39 is 6.10 Å². The largest absolute Gasteiger partial charge is 0.489 e. The first-order valence-electron chi connectivity index (χ1n) is 8.35. The number of rotatable bonds is 8. The summed E-state index contributed by atoms with van der Waals surface area (Å²) in [5.41, 5.74) is 3.13. The van der Waals surface area contributed by atoms with Gasteiger partial charge in [0, 0.05) is 25.5 Å². The van der Waals surface area contributed by atoms with Crippen molar-refractivity contribution < 1.29 is 9.84 Å². The molecule has 0 aliphatic heterocycles.